The first-order chi connectivity index (χ1) is 12.1. The lowest BCUT2D eigenvalue weighted by atomic mass is 10.1. The molecule has 0 spiro atoms. The number of nitrogens with zero attached hydrogens (tertiary/aromatic N) is 2. The van der Waals surface area contributed by atoms with Gasteiger partial charge in [-0.25, -0.2) is 0 Å². The summed E-state index contributed by atoms with van der Waals surface area (Å²) in [5.74, 6) is 0.329. The number of morpholine rings is 1. The van der Waals surface area contributed by atoms with Gasteiger partial charge in [0.2, 0.25) is 0 Å². The van der Waals surface area contributed by atoms with Crippen molar-refractivity contribution in [1.82, 2.24) is 9.80 Å². The van der Waals surface area contributed by atoms with E-state index in [1.54, 1.807) is 24.1 Å². The van der Waals surface area contributed by atoms with E-state index >= 15 is 0 Å². The van der Waals surface area contributed by atoms with Crippen molar-refractivity contribution in [3.63, 3.8) is 0 Å². The molecule has 3 atom stereocenters. The number of likely N-dealkylation sites (N-methyl/N-ethyl adjacent to an activating group) is 1. The SMILES string of the molecule is CN(C(=O)COc1ccccc1Cl)[C@@H]1CC[C@@H](N2CCOCC2)[C@@H]1O. The van der Waals surface area contributed by atoms with Crippen LogP contribution >= 0.6 is 11.6 Å². The molecule has 7 heteroatoms. The Labute approximate surface area is 153 Å². The molecular weight excluding hydrogens is 344 g/mol. The van der Waals surface area contributed by atoms with Crippen molar-refractivity contribution in [3.8, 4) is 5.75 Å². The van der Waals surface area contributed by atoms with Gasteiger partial charge in [0.1, 0.15) is 5.75 Å². The lowest BCUT2D eigenvalue weighted by molar-refractivity contribution is -0.136. The maximum atomic E-state index is 12.5. The third-order valence-corrected chi connectivity index (χ3v) is 5.45. The van der Waals surface area contributed by atoms with Gasteiger partial charge in [-0.05, 0) is 25.0 Å². The van der Waals surface area contributed by atoms with Crippen LogP contribution in [0.3, 0.4) is 0 Å². The quantitative estimate of drug-likeness (QED) is 0.851. The second-order valence-corrected chi connectivity index (χ2v) is 6.98. The van der Waals surface area contributed by atoms with E-state index in [9.17, 15) is 9.90 Å². The lowest BCUT2D eigenvalue weighted by Crippen LogP contribution is -2.52. The highest BCUT2D eigenvalue weighted by atomic mass is 35.5. The minimum absolute atomic E-state index is 0.0913. The van der Waals surface area contributed by atoms with Crippen LogP contribution in [0.25, 0.3) is 0 Å². The zero-order chi connectivity index (χ0) is 17.8. The normalized spacial score (nSPS) is 27.2. The van der Waals surface area contributed by atoms with Crippen molar-refractivity contribution in [2.75, 3.05) is 40.0 Å². The van der Waals surface area contributed by atoms with Gasteiger partial charge in [-0.3, -0.25) is 9.69 Å². The number of halogens is 1. The summed E-state index contributed by atoms with van der Waals surface area (Å²) in [6, 6.07) is 6.98. The average molecular weight is 369 g/mol. The van der Waals surface area contributed by atoms with Gasteiger partial charge in [0.05, 0.1) is 30.4 Å². The van der Waals surface area contributed by atoms with Gasteiger partial charge in [-0.1, -0.05) is 23.7 Å². The van der Waals surface area contributed by atoms with E-state index in [1.807, 2.05) is 12.1 Å². The van der Waals surface area contributed by atoms with Crippen LogP contribution in [-0.2, 0) is 9.53 Å². The Morgan fingerprint density at radius 3 is 2.80 bits per heavy atom. The molecule has 1 saturated heterocycles. The van der Waals surface area contributed by atoms with Gasteiger partial charge in [0.25, 0.3) is 5.91 Å². The number of aliphatic hydroxyl groups excluding tert-OH is 1. The zero-order valence-corrected chi connectivity index (χ0v) is 15.2. The van der Waals surface area contributed by atoms with E-state index in [0.29, 0.717) is 24.0 Å². The summed E-state index contributed by atoms with van der Waals surface area (Å²) >= 11 is 6.04. The third-order valence-electron chi connectivity index (χ3n) is 5.14. The molecule has 0 bridgehead atoms. The topological polar surface area (TPSA) is 62.2 Å². The van der Waals surface area contributed by atoms with Crippen LogP contribution in [0.5, 0.6) is 5.75 Å². The Morgan fingerprint density at radius 1 is 1.36 bits per heavy atom. The number of carbonyl (C=O) groups excluding carboxylic acids is 1. The number of hydrogen-bond acceptors (Lipinski definition) is 5. The van der Waals surface area contributed by atoms with Crippen LogP contribution in [0, 0.1) is 0 Å². The molecule has 1 heterocycles. The van der Waals surface area contributed by atoms with E-state index in [2.05, 4.69) is 4.90 Å². The molecule has 0 unspecified atom stereocenters. The van der Waals surface area contributed by atoms with Crippen molar-refractivity contribution >= 4 is 17.5 Å². The molecule has 0 aromatic heterocycles. The number of aliphatic hydroxyl groups is 1. The van der Waals surface area contributed by atoms with Gasteiger partial charge < -0.3 is 19.5 Å². The van der Waals surface area contributed by atoms with Crippen molar-refractivity contribution < 1.29 is 19.4 Å². The van der Waals surface area contributed by atoms with Gasteiger partial charge in [0, 0.05) is 26.2 Å². The van der Waals surface area contributed by atoms with Gasteiger partial charge >= 0.3 is 0 Å². The summed E-state index contributed by atoms with van der Waals surface area (Å²) in [5, 5.41) is 11.2. The number of rotatable bonds is 5. The number of carbonyl (C=O) groups is 1. The monoisotopic (exact) mass is 368 g/mol. The third kappa shape index (κ3) is 4.26. The summed E-state index contributed by atoms with van der Waals surface area (Å²) < 4.78 is 10.9. The molecule has 138 valence electrons. The largest absolute Gasteiger partial charge is 0.482 e. The summed E-state index contributed by atoms with van der Waals surface area (Å²) in [4.78, 5) is 16.3. The van der Waals surface area contributed by atoms with E-state index < -0.39 is 6.10 Å². The van der Waals surface area contributed by atoms with Crippen LogP contribution in [-0.4, -0.2) is 79.0 Å². The molecule has 3 rings (SSSR count). The first kappa shape index (κ1) is 18.5. The number of para-hydroxylation sites is 1. The number of ether oxygens (including phenoxy) is 2. The maximum Gasteiger partial charge on any atom is 0.260 e. The molecule has 2 fully saturated rings. The van der Waals surface area contributed by atoms with Crippen LogP contribution in [0.15, 0.2) is 24.3 Å². The highest BCUT2D eigenvalue weighted by Gasteiger charge is 2.41. The standard InChI is InChI=1S/C18H25ClN2O4/c1-20(17(22)12-25-16-5-3-2-4-13(16)19)14-6-7-15(18(14)23)21-8-10-24-11-9-21/h2-5,14-15,18,23H,6-12H2,1H3/t14-,15-,18-/m1/s1. The average Bonchev–Trinajstić information content (AvgIpc) is 3.02. The minimum Gasteiger partial charge on any atom is -0.482 e. The van der Waals surface area contributed by atoms with E-state index in [-0.39, 0.29) is 24.6 Å². The van der Waals surface area contributed by atoms with Crippen LogP contribution in [0.1, 0.15) is 12.8 Å². The highest BCUT2D eigenvalue weighted by molar-refractivity contribution is 6.32. The summed E-state index contributed by atoms with van der Waals surface area (Å²) in [5.41, 5.74) is 0. The van der Waals surface area contributed by atoms with Crippen molar-refractivity contribution in [2.24, 2.45) is 0 Å². The predicted molar refractivity (Wildman–Crippen MR) is 94.9 cm³/mol. The lowest BCUT2D eigenvalue weighted by Gasteiger charge is -2.36. The Hall–Kier alpha value is -1.34. The first-order valence-corrected chi connectivity index (χ1v) is 9.08. The van der Waals surface area contributed by atoms with Gasteiger partial charge in [-0.15, -0.1) is 0 Å². The number of benzene rings is 1. The molecule has 1 saturated carbocycles. The Balaban J connectivity index is 1.54. The van der Waals surface area contributed by atoms with Crippen LogP contribution in [0.2, 0.25) is 5.02 Å². The van der Waals surface area contributed by atoms with Crippen LogP contribution < -0.4 is 4.74 Å². The fourth-order valence-corrected chi connectivity index (χ4v) is 3.85. The van der Waals surface area contributed by atoms with E-state index in [4.69, 9.17) is 21.1 Å². The fourth-order valence-electron chi connectivity index (χ4n) is 3.66. The van der Waals surface area contributed by atoms with E-state index in [0.717, 1.165) is 25.9 Å². The van der Waals surface area contributed by atoms with E-state index in [1.165, 1.54) is 0 Å². The molecule has 1 aromatic rings. The molecule has 1 N–H and O–H groups in total. The molecular formula is C18H25ClN2O4. The second-order valence-electron chi connectivity index (χ2n) is 6.57. The summed E-state index contributed by atoms with van der Waals surface area (Å²) in [6.45, 7) is 2.98. The molecule has 2 aliphatic rings. The zero-order valence-electron chi connectivity index (χ0n) is 14.4. The van der Waals surface area contributed by atoms with Gasteiger partial charge in [0.15, 0.2) is 6.61 Å². The molecule has 1 amide bonds. The Bertz CT molecular complexity index is 594. The molecule has 25 heavy (non-hydrogen) atoms. The highest BCUT2D eigenvalue weighted by Crippen LogP contribution is 2.29. The Kier molecular flexibility index (Phi) is 6.17. The maximum absolute atomic E-state index is 12.5. The molecule has 1 aliphatic carbocycles. The fraction of sp³-hybridized carbons (Fsp3) is 0.611. The Morgan fingerprint density at radius 2 is 2.08 bits per heavy atom. The minimum atomic E-state index is -0.549. The summed E-state index contributed by atoms with van der Waals surface area (Å²) in [7, 11) is 1.73. The first-order valence-electron chi connectivity index (χ1n) is 8.71. The number of hydrogen-bond donors (Lipinski definition) is 1. The smallest absolute Gasteiger partial charge is 0.260 e. The molecule has 1 aromatic carbocycles. The van der Waals surface area contributed by atoms with Gasteiger partial charge in [-0.2, -0.15) is 0 Å². The predicted octanol–water partition coefficient (Wildman–Crippen LogP) is 1.40. The van der Waals surface area contributed by atoms with Crippen molar-refractivity contribution in [2.45, 2.75) is 31.0 Å². The summed E-state index contributed by atoms with van der Waals surface area (Å²) in [6.07, 6.45) is 1.12. The van der Waals surface area contributed by atoms with Crippen LogP contribution in [0.4, 0.5) is 0 Å². The molecule has 6 nitrogen and oxygen atoms in total. The molecule has 0 radical (unpaired) electrons. The van der Waals surface area contributed by atoms with Crippen molar-refractivity contribution in [3.05, 3.63) is 29.3 Å². The van der Waals surface area contributed by atoms with Crippen molar-refractivity contribution in [1.29, 1.82) is 0 Å². The molecule has 1 aliphatic heterocycles. The number of amides is 1. The second kappa shape index (κ2) is 8.36.